The zero-order valence-electron chi connectivity index (χ0n) is 13.9. The number of hydrogen-bond donors (Lipinski definition) is 2. The first-order chi connectivity index (χ1) is 11.3. The maximum atomic E-state index is 13.1. The fourth-order valence-electron chi connectivity index (χ4n) is 3.03. The number of aryl methyl sites for hydroxylation is 1. The number of piperidine rings is 1. The third-order valence-corrected chi connectivity index (χ3v) is 4.31. The molecule has 24 heavy (non-hydrogen) atoms. The molecule has 0 aliphatic carbocycles. The number of ether oxygens (including phenoxy) is 1. The van der Waals surface area contributed by atoms with Gasteiger partial charge in [-0.25, -0.2) is 0 Å². The highest BCUT2D eigenvalue weighted by Crippen LogP contribution is 2.35. The molecular weight excluding hydrogens is 325 g/mol. The Morgan fingerprint density at radius 2 is 2.25 bits per heavy atom. The van der Waals surface area contributed by atoms with E-state index in [1.807, 2.05) is 0 Å². The van der Waals surface area contributed by atoms with Crippen molar-refractivity contribution in [2.24, 2.45) is 0 Å². The van der Waals surface area contributed by atoms with E-state index in [0.717, 1.165) is 19.2 Å². The van der Waals surface area contributed by atoms with Crippen molar-refractivity contribution in [1.82, 2.24) is 10.6 Å². The van der Waals surface area contributed by atoms with E-state index in [0.29, 0.717) is 13.0 Å². The van der Waals surface area contributed by atoms with Crippen molar-refractivity contribution in [2.75, 3.05) is 19.7 Å². The Kier molecular flexibility index (Phi) is 5.92. The van der Waals surface area contributed by atoms with Crippen LogP contribution in [-0.2, 0) is 22.3 Å². The van der Waals surface area contributed by atoms with Crippen LogP contribution in [-0.4, -0.2) is 31.2 Å². The molecule has 2 N–H and O–H groups in total. The lowest BCUT2D eigenvalue weighted by molar-refractivity contribution is -0.145. The van der Waals surface area contributed by atoms with Crippen LogP contribution in [0.4, 0.5) is 13.2 Å². The molecule has 0 aromatic carbocycles. The van der Waals surface area contributed by atoms with E-state index in [1.165, 1.54) is 6.92 Å². The van der Waals surface area contributed by atoms with Crippen LogP contribution in [0, 0.1) is 6.92 Å². The Hall–Kier alpha value is -1.54. The van der Waals surface area contributed by atoms with Gasteiger partial charge in [0.1, 0.15) is 12.0 Å². The van der Waals surface area contributed by atoms with Gasteiger partial charge in [0.15, 0.2) is 0 Å². The average molecular weight is 348 g/mol. The number of carbonyl (C=O) groups excluding carboxylic acids is 1. The van der Waals surface area contributed by atoms with Crippen LogP contribution in [0.15, 0.2) is 10.7 Å². The van der Waals surface area contributed by atoms with Crippen molar-refractivity contribution >= 4 is 5.97 Å². The molecule has 5 nitrogen and oxygen atoms in total. The van der Waals surface area contributed by atoms with Gasteiger partial charge < -0.3 is 19.8 Å². The van der Waals surface area contributed by atoms with Crippen molar-refractivity contribution in [1.29, 1.82) is 0 Å². The molecule has 1 aromatic heterocycles. The molecule has 1 saturated heterocycles. The van der Waals surface area contributed by atoms with Crippen LogP contribution < -0.4 is 10.6 Å². The quantitative estimate of drug-likeness (QED) is 0.774. The van der Waals surface area contributed by atoms with Crippen LogP contribution in [0.25, 0.3) is 0 Å². The van der Waals surface area contributed by atoms with Crippen LogP contribution in [0.1, 0.15) is 43.1 Å². The predicted octanol–water partition coefficient (Wildman–Crippen LogP) is 2.77. The summed E-state index contributed by atoms with van der Waals surface area (Å²) in [5.41, 5.74) is -1.31. The van der Waals surface area contributed by atoms with Gasteiger partial charge in [0.2, 0.25) is 0 Å². The topological polar surface area (TPSA) is 63.5 Å². The number of halogens is 3. The minimum atomic E-state index is -4.46. The monoisotopic (exact) mass is 348 g/mol. The zero-order chi connectivity index (χ0) is 17.8. The number of esters is 1. The number of rotatable bonds is 6. The number of carbonyl (C=O) groups is 1. The second-order valence-electron chi connectivity index (χ2n) is 6.08. The Labute approximate surface area is 138 Å². The third-order valence-electron chi connectivity index (χ3n) is 4.31. The molecule has 0 amide bonds. The number of hydrogen-bond acceptors (Lipinski definition) is 5. The lowest BCUT2D eigenvalue weighted by Crippen LogP contribution is -2.56. The van der Waals surface area contributed by atoms with Gasteiger partial charge in [0.25, 0.3) is 0 Å². The molecule has 2 rings (SSSR count). The van der Waals surface area contributed by atoms with Gasteiger partial charge in [0.05, 0.1) is 18.6 Å². The van der Waals surface area contributed by atoms with Crippen LogP contribution in [0.2, 0.25) is 0 Å². The lowest BCUT2D eigenvalue weighted by Gasteiger charge is -2.38. The second-order valence-corrected chi connectivity index (χ2v) is 6.08. The highest BCUT2D eigenvalue weighted by molar-refractivity contribution is 5.71. The Morgan fingerprint density at radius 1 is 1.50 bits per heavy atom. The molecule has 0 radical (unpaired) electrons. The van der Waals surface area contributed by atoms with E-state index in [4.69, 9.17) is 9.15 Å². The summed E-state index contributed by atoms with van der Waals surface area (Å²) in [6.07, 6.45) is -2.08. The van der Waals surface area contributed by atoms with E-state index in [2.05, 4.69) is 10.6 Å². The highest BCUT2D eigenvalue weighted by Gasteiger charge is 2.38. The summed E-state index contributed by atoms with van der Waals surface area (Å²) in [5.74, 6) is -0.126. The Bertz CT molecular complexity index is 563. The SMILES string of the molecule is CCOC(=O)CC1(NCc2c(C(F)(F)F)coc2C)CCCNC1. The van der Waals surface area contributed by atoms with Crippen molar-refractivity contribution in [2.45, 2.75) is 51.4 Å². The minimum absolute atomic E-state index is 0.0156. The van der Waals surface area contributed by atoms with Gasteiger partial charge in [-0.1, -0.05) is 0 Å². The molecule has 1 aromatic rings. The number of nitrogens with one attached hydrogen (secondary N) is 2. The molecule has 2 heterocycles. The van der Waals surface area contributed by atoms with E-state index >= 15 is 0 Å². The van der Waals surface area contributed by atoms with E-state index in [9.17, 15) is 18.0 Å². The molecule has 1 aliphatic rings. The first kappa shape index (κ1) is 18.8. The molecule has 0 spiro atoms. The summed E-state index contributed by atoms with van der Waals surface area (Å²) < 4.78 is 49.1. The molecule has 1 aliphatic heterocycles. The van der Waals surface area contributed by atoms with Crippen molar-refractivity contribution in [3.63, 3.8) is 0 Å². The molecule has 1 atom stereocenters. The molecule has 0 saturated carbocycles. The van der Waals surface area contributed by atoms with Gasteiger partial charge >= 0.3 is 12.1 Å². The van der Waals surface area contributed by atoms with Crippen molar-refractivity contribution in [3.8, 4) is 0 Å². The van der Waals surface area contributed by atoms with Gasteiger partial charge in [-0.05, 0) is 33.2 Å². The number of alkyl halides is 3. The van der Waals surface area contributed by atoms with Gasteiger partial charge in [-0.15, -0.1) is 0 Å². The first-order valence-corrected chi connectivity index (χ1v) is 8.03. The normalized spacial score (nSPS) is 21.7. The average Bonchev–Trinajstić information content (AvgIpc) is 2.87. The lowest BCUT2D eigenvalue weighted by atomic mass is 9.86. The van der Waals surface area contributed by atoms with Gasteiger partial charge in [0, 0.05) is 24.2 Å². The largest absolute Gasteiger partial charge is 0.469 e. The van der Waals surface area contributed by atoms with Gasteiger partial charge in [-0.3, -0.25) is 4.79 Å². The maximum Gasteiger partial charge on any atom is 0.419 e. The zero-order valence-corrected chi connectivity index (χ0v) is 13.9. The van der Waals surface area contributed by atoms with Crippen molar-refractivity contribution in [3.05, 3.63) is 23.2 Å². The summed E-state index contributed by atoms with van der Waals surface area (Å²) in [5, 5.41) is 6.35. The van der Waals surface area contributed by atoms with Crippen LogP contribution in [0.3, 0.4) is 0 Å². The predicted molar refractivity (Wildman–Crippen MR) is 81.4 cm³/mol. The number of furan rings is 1. The van der Waals surface area contributed by atoms with E-state index in [-0.39, 0.29) is 36.9 Å². The van der Waals surface area contributed by atoms with Crippen LogP contribution in [0.5, 0.6) is 0 Å². The molecule has 1 unspecified atom stereocenters. The summed E-state index contributed by atoms with van der Waals surface area (Å²) >= 11 is 0. The molecule has 0 bridgehead atoms. The summed E-state index contributed by atoms with van der Waals surface area (Å²) in [7, 11) is 0. The van der Waals surface area contributed by atoms with Crippen LogP contribution >= 0.6 is 0 Å². The first-order valence-electron chi connectivity index (χ1n) is 8.03. The van der Waals surface area contributed by atoms with Crippen molar-refractivity contribution < 1.29 is 27.1 Å². The Balaban J connectivity index is 2.14. The summed E-state index contributed by atoms with van der Waals surface area (Å²) in [6.45, 7) is 4.82. The molecule has 1 fully saturated rings. The molecular formula is C16H23F3N2O3. The smallest absolute Gasteiger partial charge is 0.419 e. The van der Waals surface area contributed by atoms with E-state index < -0.39 is 17.3 Å². The maximum absolute atomic E-state index is 13.1. The summed E-state index contributed by atoms with van der Waals surface area (Å²) in [4.78, 5) is 11.9. The molecule has 136 valence electrons. The van der Waals surface area contributed by atoms with E-state index in [1.54, 1.807) is 6.92 Å². The minimum Gasteiger partial charge on any atom is -0.469 e. The fourth-order valence-corrected chi connectivity index (χ4v) is 3.03. The molecule has 8 heteroatoms. The summed E-state index contributed by atoms with van der Waals surface area (Å²) in [6, 6.07) is 0. The third kappa shape index (κ3) is 4.51. The Morgan fingerprint density at radius 3 is 2.83 bits per heavy atom. The fraction of sp³-hybridized carbons (Fsp3) is 0.688. The highest BCUT2D eigenvalue weighted by atomic mass is 19.4. The van der Waals surface area contributed by atoms with Gasteiger partial charge in [-0.2, -0.15) is 13.2 Å². The second kappa shape index (κ2) is 7.57. The standard InChI is InChI=1S/C16H23F3N2O3/c1-3-23-14(22)7-15(5-4-6-20-10-15)21-8-12-11(2)24-9-13(12)16(17,18)19/h9,20-21H,3-8,10H2,1-2H3.